The van der Waals surface area contributed by atoms with Crippen molar-refractivity contribution < 1.29 is 28.8 Å². The highest BCUT2D eigenvalue weighted by atomic mass is 36.0. The lowest BCUT2D eigenvalue weighted by Gasteiger charge is -2.33. The molecule has 7 aromatic rings. The molecule has 6 aliphatic rings. The number of aliphatic carboxylic acids is 1. The third-order valence-corrected chi connectivity index (χ3v) is 17.8. The molecule has 10 heterocycles. The predicted octanol–water partition coefficient (Wildman–Crippen LogP) is 14.2. The van der Waals surface area contributed by atoms with Crippen molar-refractivity contribution in [3.63, 3.8) is 0 Å². The number of aromatic nitrogens is 8. The Morgan fingerprint density at radius 2 is 1.04 bits per heavy atom. The highest BCUT2D eigenvalue weighted by molar-refractivity contribution is 8.24. The van der Waals surface area contributed by atoms with Crippen LogP contribution in [-0.4, -0.2) is 106 Å². The fraction of sp³-hybridized carbons (Fsp3) is 0.310. The first-order valence-electron chi connectivity index (χ1n) is 27.4. The van der Waals surface area contributed by atoms with E-state index in [4.69, 9.17) is 97.7 Å². The minimum Gasteiger partial charge on any atom is -0.478 e. The SMILES string of the molecule is C.CC1=C(C(=O)N2CCCC2C(N)=O)C(c2ccc(Cl)c(Cl)c2)n2nccc2N1.CC1=C(C(=O)O)C(c2ccc(Cl)c(Cl)c2)n2nccc2N1.CC1=C(c2nc(Cl)c3n2CCC3)C(c2ccc(Cl)c(Cl)c2)n2nccc2N1.NC(=O)C1CCCN1.O=P(Cl)(Cl)Cl.[B]. The van der Waals surface area contributed by atoms with Crippen LogP contribution in [0.25, 0.3) is 5.57 Å². The van der Waals surface area contributed by atoms with Gasteiger partial charge in [0.2, 0.25) is 11.8 Å². The average molecular weight is 1460 g/mol. The van der Waals surface area contributed by atoms with Crippen LogP contribution in [0.15, 0.2) is 120 Å². The quantitative estimate of drug-likeness (QED) is 0.0550. The number of hydrogen-bond acceptors (Lipinski definition) is 13. The number of nitrogens with one attached hydrogen (secondary N) is 4. The Balaban J connectivity index is 0.000000176. The first-order chi connectivity index (χ1) is 42.2. The van der Waals surface area contributed by atoms with E-state index in [0.717, 1.165) is 96.6 Å². The van der Waals surface area contributed by atoms with Crippen LogP contribution in [0.5, 0.6) is 0 Å². The van der Waals surface area contributed by atoms with Crippen molar-refractivity contribution in [1.29, 1.82) is 0 Å². The largest absolute Gasteiger partial charge is 0.478 e. The maximum absolute atomic E-state index is 13.5. The number of carboxylic acids is 1. The van der Waals surface area contributed by atoms with E-state index in [9.17, 15) is 28.8 Å². The van der Waals surface area contributed by atoms with Crippen molar-refractivity contribution >= 4 is 175 Å². The zero-order chi connectivity index (χ0) is 64.3. The van der Waals surface area contributed by atoms with Crippen LogP contribution in [-0.2, 0) is 36.7 Å². The van der Waals surface area contributed by atoms with E-state index in [2.05, 4.69) is 81.8 Å². The molecule has 0 aliphatic carbocycles. The normalized spacial score (nSPS) is 19.2. The molecule has 33 heteroatoms. The van der Waals surface area contributed by atoms with E-state index in [0.29, 0.717) is 70.8 Å². The number of nitrogens with zero attached hydrogens (tertiary/aromatic N) is 9. The van der Waals surface area contributed by atoms with Crippen LogP contribution < -0.4 is 32.7 Å². The molecule has 2 fully saturated rings. The van der Waals surface area contributed by atoms with Crippen molar-refractivity contribution in [3.8, 4) is 0 Å². The van der Waals surface area contributed by atoms with Crippen molar-refractivity contribution in [1.82, 2.24) is 49.1 Å². The summed E-state index contributed by atoms with van der Waals surface area (Å²) < 4.78 is 17.0. The summed E-state index contributed by atoms with van der Waals surface area (Å²) in [4.78, 5) is 53.6. The van der Waals surface area contributed by atoms with Gasteiger partial charge in [-0.1, -0.05) is 107 Å². The van der Waals surface area contributed by atoms with Gasteiger partial charge in [0.05, 0.1) is 71.6 Å². The van der Waals surface area contributed by atoms with Gasteiger partial charge in [-0.05, 0) is 153 Å². The number of carbonyl (C=O) groups excluding carboxylic acids is 3. The number of likely N-dealkylation sites (tertiary alicyclic amines) is 1. The first kappa shape index (κ1) is 72.6. The summed E-state index contributed by atoms with van der Waals surface area (Å²) in [6, 6.07) is 19.7. The van der Waals surface area contributed by atoms with Gasteiger partial charge in [0.15, 0.2) is 5.15 Å². The number of allylic oxidation sites excluding steroid dienone is 4. The van der Waals surface area contributed by atoms with E-state index >= 15 is 0 Å². The molecule has 5 atom stereocenters. The topological polar surface area (TPSA) is 280 Å². The third-order valence-electron chi connectivity index (χ3n) is 15.3. The molecule has 0 saturated carbocycles. The third kappa shape index (κ3) is 16.4. The standard InChI is InChI=1S/C19H16Cl3N5.C19H19Cl2N5O2.C14H11Cl2N3O2.C5H10N2O.CH4.B.Cl3OP/c1-10-16(19-25-18(22)14-3-2-8-26(14)19)17(27-15(24-10)6-7-23-27)11-4-5-12(20)13(21)9-11;1-10-16(19(28)25-8-2-3-14(25)18(22)27)17(26-15(24-10)6-7-23-26)11-4-5-12(20)13(21)9-11;1-7-12(14(20)21)13(19-11(18-7)4-5-17-19)8-2-3-9(15)10(16)6-8;6-5(8)4-2-1-3-7-4;;;1-5(2,3)4/h4-7,9,17,24H,2-3,8H2,1H3;4-7,9,14,17,24H,2-3,8H2,1H3,(H2,22,27);2-6,13,18H,1H3,(H,20,21);4,7H,1-3H2,(H2,6,8);1H4;;. The number of primary amides is 2. The molecule has 5 unspecified atom stereocenters. The van der Waals surface area contributed by atoms with E-state index < -0.39 is 35.2 Å². The summed E-state index contributed by atoms with van der Waals surface area (Å²) in [5.41, 5.74) is 18.2. The summed E-state index contributed by atoms with van der Waals surface area (Å²) in [6.07, 6.45) is 10.4. The Kier molecular flexibility index (Phi) is 24.7. The number of rotatable bonds is 8. The number of carboxylic acid groups (broad SMARTS) is 1. The average Bonchev–Trinajstić information content (AvgIpc) is 1.70. The van der Waals surface area contributed by atoms with Gasteiger partial charge in [-0.15, -0.1) is 0 Å². The summed E-state index contributed by atoms with van der Waals surface area (Å²) >= 11 is 57.1. The fourth-order valence-corrected chi connectivity index (χ4v) is 12.6. The lowest BCUT2D eigenvalue weighted by Crippen LogP contribution is -2.46. The molecule has 3 aromatic carbocycles. The van der Waals surface area contributed by atoms with Gasteiger partial charge in [0.25, 0.3) is 5.91 Å². The van der Waals surface area contributed by atoms with Gasteiger partial charge in [0, 0.05) is 62.4 Å². The molecule has 3 radical (unpaired) electrons. The molecule has 481 valence electrons. The van der Waals surface area contributed by atoms with E-state index in [1.54, 1.807) is 76.2 Å². The predicted molar refractivity (Wildman–Crippen MR) is 364 cm³/mol. The van der Waals surface area contributed by atoms with Crippen molar-refractivity contribution in [3.05, 3.63) is 183 Å². The lowest BCUT2D eigenvalue weighted by molar-refractivity contribution is -0.134. The zero-order valence-electron chi connectivity index (χ0n) is 47.9. The van der Waals surface area contributed by atoms with Crippen LogP contribution in [0.1, 0.15) is 107 Å². The summed E-state index contributed by atoms with van der Waals surface area (Å²) in [5.74, 6) is 1.36. The Morgan fingerprint density at radius 3 is 1.47 bits per heavy atom. The zero-order valence-corrected chi connectivity index (χ0v) is 56.3. The molecule has 3 amide bonds. The second kappa shape index (κ2) is 30.9. The van der Waals surface area contributed by atoms with E-state index in [1.165, 1.54) is 0 Å². The number of imidazole rings is 1. The number of anilines is 3. The van der Waals surface area contributed by atoms with Crippen molar-refractivity contribution in [2.45, 2.75) is 103 Å². The summed E-state index contributed by atoms with van der Waals surface area (Å²) in [6.45, 7) is 7.97. The molecule has 2 saturated heterocycles. The number of benzene rings is 3. The number of hydrogen-bond donors (Lipinski definition) is 7. The molecule has 4 aromatic heterocycles. The number of fused-ring (bicyclic) bond motifs is 4. The highest BCUT2D eigenvalue weighted by Gasteiger charge is 2.41. The number of halogens is 10. The molecular weight excluding hydrogens is 1400 g/mol. The number of carbonyl (C=O) groups is 4. The molecule has 13 rings (SSSR count). The van der Waals surface area contributed by atoms with Crippen LogP contribution >= 0.6 is 120 Å². The summed E-state index contributed by atoms with van der Waals surface area (Å²) in [5, 5.41) is 35.4. The monoisotopic (exact) mass is 1450 g/mol. The van der Waals surface area contributed by atoms with Gasteiger partial charge >= 0.3 is 11.2 Å². The molecule has 0 bridgehead atoms. The number of nitrogens with two attached hydrogens (primary N) is 2. The minimum absolute atomic E-state index is 0. The van der Waals surface area contributed by atoms with Crippen LogP contribution in [0.3, 0.4) is 0 Å². The van der Waals surface area contributed by atoms with E-state index in [1.807, 2.05) is 48.0 Å². The molecule has 0 spiro atoms. The smallest absolute Gasteiger partial charge is 0.339 e. The molecule has 6 aliphatic heterocycles. The van der Waals surface area contributed by atoms with Crippen molar-refractivity contribution in [2.75, 3.05) is 29.0 Å². The molecule has 91 heavy (non-hydrogen) atoms. The van der Waals surface area contributed by atoms with Crippen LogP contribution in [0.4, 0.5) is 17.5 Å². The van der Waals surface area contributed by atoms with Gasteiger partial charge in [-0.2, -0.15) is 15.3 Å². The molecule has 21 nitrogen and oxygen atoms in total. The van der Waals surface area contributed by atoms with E-state index in [-0.39, 0.29) is 45.3 Å². The minimum atomic E-state index is -3.22. The second-order valence-corrected chi connectivity index (χ2v) is 30.4. The maximum atomic E-state index is 13.5. The Hall–Kier alpha value is -5.85. The lowest BCUT2D eigenvalue weighted by atomic mass is 9.94. The fourth-order valence-electron chi connectivity index (χ4n) is 11.4. The van der Waals surface area contributed by atoms with Crippen LogP contribution in [0.2, 0.25) is 35.3 Å². The van der Waals surface area contributed by atoms with Gasteiger partial charge in [0.1, 0.15) is 47.4 Å². The Labute approximate surface area is 575 Å². The second-order valence-electron chi connectivity index (χ2n) is 20.9. The highest BCUT2D eigenvalue weighted by Crippen LogP contribution is 2.61. The van der Waals surface area contributed by atoms with Crippen molar-refractivity contribution in [2.24, 2.45) is 11.5 Å². The van der Waals surface area contributed by atoms with Gasteiger partial charge in [-0.25, -0.2) is 23.8 Å². The Morgan fingerprint density at radius 1 is 0.593 bits per heavy atom. The molecule has 9 N–H and O–H groups in total. The van der Waals surface area contributed by atoms with Crippen LogP contribution in [0, 0.1) is 0 Å². The first-order valence-corrected chi connectivity index (χ1v) is 34.5. The summed E-state index contributed by atoms with van der Waals surface area (Å²) in [7, 11) is 0. The number of amides is 3. The molecular formula is C58H60BCl10N15O6P. The van der Waals surface area contributed by atoms with Gasteiger partial charge in [-0.3, -0.25) is 18.9 Å². The Bertz CT molecular complexity index is 4040. The van der Waals surface area contributed by atoms with Gasteiger partial charge < -0.3 is 47.3 Å². The maximum Gasteiger partial charge on any atom is 0.339 e.